The molecule has 1 atom stereocenters. The van der Waals surface area contributed by atoms with E-state index in [-0.39, 0.29) is 12.1 Å². The lowest BCUT2D eigenvalue weighted by atomic mass is 10.0. The van der Waals surface area contributed by atoms with E-state index in [1.54, 1.807) is 11.3 Å². The summed E-state index contributed by atoms with van der Waals surface area (Å²) in [7, 11) is 0. The van der Waals surface area contributed by atoms with Crippen molar-refractivity contribution in [2.45, 2.75) is 39.3 Å². The van der Waals surface area contributed by atoms with Gasteiger partial charge in [0.2, 0.25) is 0 Å². The molecule has 0 bridgehead atoms. The van der Waals surface area contributed by atoms with Crippen molar-refractivity contribution in [3.8, 4) is 5.75 Å². The summed E-state index contributed by atoms with van der Waals surface area (Å²) < 4.78 is 7.05. The molecule has 114 valence electrons. The molecular formula is C17H22INOS. The number of thiophene rings is 1. The second-order valence-electron chi connectivity index (χ2n) is 5.31. The van der Waals surface area contributed by atoms with Crippen LogP contribution >= 0.6 is 33.9 Å². The number of ether oxygens (including phenoxy) is 1. The third-order valence-electron chi connectivity index (χ3n) is 3.10. The molecule has 2 nitrogen and oxygen atoms in total. The Morgan fingerprint density at radius 3 is 2.43 bits per heavy atom. The fraction of sp³-hybridized carbons (Fsp3) is 0.412. The van der Waals surface area contributed by atoms with E-state index in [9.17, 15) is 0 Å². The number of nitrogens with one attached hydrogen (secondary N) is 1. The first-order valence-electron chi connectivity index (χ1n) is 7.34. The first-order valence-corrected chi connectivity index (χ1v) is 9.30. The van der Waals surface area contributed by atoms with Crippen molar-refractivity contribution in [2.75, 3.05) is 6.54 Å². The highest BCUT2D eigenvalue weighted by Gasteiger charge is 2.15. The average Bonchev–Trinajstić information content (AvgIpc) is 2.87. The van der Waals surface area contributed by atoms with Crippen molar-refractivity contribution in [1.82, 2.24) is 5.32 Å². The van der Waals surface area contributed by atoms with Crippen LogP contribution in [0.5, 0.6) is 5.75 Å². The summed E-state index contributed by atoms with van der Waals surface area (Å²) >= 11 is 4.17. The first-order chi connectivity index (χ1) is 10.1. The van der Waals surface area contributed by atoms with Gasteiger partial charge in [-0.2, -0.15) is 0 Å². The number of rotatable bonds is 7. The highest BCUT2D eigenvalue weighted by Crippen LogP contribution is 2.28. The zero-order valence-electron chi connectivity index (χ0n) is 12.7. The molecule has 0 saturated carbocycles. The molecule has 0 aliphatic heterocycles. The predicted octanol–water partition coefficient (Wildman–Crippen LogP) is 5.23. The van der Waals surface area contributed by atoms with Crippen molar-refractivity contribution in [2.24, 2.45) is 0 Å². The molecule has 0 aliphatic carbocycles. The summed E-state index contributed by atoms with van der Waals surface area (Å²) in [5.74, 6) is 0.933. The van der Waals surface area contributed by atoms with E-state index in [2.05, 4.69) is 70.5 Å². The SMILES string of the molecule is CCCNC(c1ccc(OC(C)C)cc1)c1csc(I)c1. The van der Waals surface area contributed by atoms with Crippen LogP contribution in [0, 0.1) is 2.88 Å². The largest absolute Gasteiger partial charge is 0.491 e. The van der Waals surface area contributed by atoms with Gasteiger partial charge in [-0.25, -0.2) is 0 Å². The summed E-state index contributed by atoms with van der Waals surface area (Å²) in [4.78, 5) is 0. The van der Waals surface area contributed by atoms with Crippen LogP contribution in [0.2, 0.25) is 0 Å². The Morgan fingerprint density at radius 2 is 1.90 bits per heavy atom. The van der Waals surface area contributed by atoms with Crippen molar-refractivity contribution in [3.63, 3.8) is 0 Å². The Morgan fingerprint density at radius 1 is 1.19 bits per heavy atom. The molecule has 0 spiro atoms. The predicted molar refractivity (Wildman–Crippen MR) is 99.4 cm³/mol. The van der Waals surface area contributed by atoms with E-state index in [1.165, 1.54) is 14.0 Å². The van der Waals surface area contributed by atoms with Gasteiger partial charge in [-0.1, -0.05) is 19.1 Å². The van der Waals surface area contributed by atoms with Gasteiger partial charge in [0.15, 0.2) is 0 Å². The monoisotopic (exact) mass is 415 g/mol. The van der Waals surface area contributed by atoms with Gasteiger partial charge in [0.05, 0.1) is 15.0 Å². The van der Waals surface area contributed by atoms with E-state index in [0.717, 1.165) is 18.7 Å². The van der Waals surface area contributed by atoms with Crippen molar-refractivity contribution in [3.05, 3.63) is 49.7 Å². The second-order valence-corrected chi connectivity index (χ2v) is 8.11. The molecule has 0 saturated heterocycles. The van der Waals surface area contributed by atoms with Crippen LogP contribution in [-0.2, 0) is 0 Å². The van der Waals surface area contributed by atoms with E-state index >= 15 is 0 Å². The lowest BCUT2D eigenvalue weighted by Crippen LogP contribution is -2.22. The minimum absolute atomic E-state index is 0.211. The normalized spacial score (nSPS) is 12.6. The Balaban J connectivity index is 2.20. The topological polar surface area (TPSA) is 21.3 Å². The molecular weight excluding hydrogens is 393 g/mol. The molecule has 0 amide bonds. The molecule has 1 N–H and O–H groups in total. The van der Waals surface area contributed by atoms with Crippen molar-refractivity contribution in [1.29, 1.82) is 0 Å². The van der Waals surface area contributed by atoms with Crippen LogP contribution in [0.1, 0.15) is 44.4 Å². The lowest BCUT2D eigenvalue weighted by Gasteiger charge is -2.19. The fourth-order valence-corrected chi connectivity index (χ4v) is 3.60. The highest BCUT2D eigenvalue weighted by atomic mass is 127. The Bertz CT molecular complexity index is 550. The molecule has 4 heteroatoms. The summed E-state index contributed by atoms with van der Waals surface area (Å²) in [5.41, 5.74) is 2.63. The summed E-state index contributed by atoms with van der Waals surface area (Å²) in [5, 5.41) is 5.88. The van der Waals surface area contributed by atoms with Crippen LogP contribution in [0.25, 0.3) is 0 Å². The number of hydrogen-bond donors (Lipinski definition) is 1. The van der Waals surface area contributed by atoms with Gasteiger partial charge >= 0.3 is 0 Å². The van der Waals surface area contributed by atoms with E-state index < -0.39 is 0 Å². The van der Waals surface area contributed by atoms with E-state index in [1.807, 2.05) is 13.8 Å². The van der Waals surface area contributed by atoms with Crippen LogP contribution in [0.15, 0.2) is 35.7 Å². The molecule has 2 rings (SSSR count). The molecule has 0 aliphatic rings. The summed E-state index contributed by atoms with van der Waals surface area (Å²) in [6.07, 6.45) is 1.34. The Hall–Kier alpha value is -0.590. The van der Waals surface area contributed by atoms with Crippen LogP contribution in [-0.4, -0.2) is 12.6 Å². The zero-order chi connectivity index (χ0) is 15.2. The molecule has 2 aromatic rings. The third-order valence-corrected chi connectivity index (χ3v) is 4.91. The fourth-order valence-electron chi connectivity index (χ4n) is 2.20. The van der Waals surface area contributed by atoms with Gasteiger partial charge in [0.25, 0.3) is 0 Å². The van der Waals surface area contributed by atoms with Gasteiger partial charge in [0.1, 0.15) is 5.75 Å². The quantitative estimate of drug-likeness (QED) is 0.626. The minimum Gasteiger partial charge on any atom is -0.491 e. The molecule has 1 aromatic heterocycles. The van der Waals surface area contributed by atoms with Crippen LogP contribution < -0.4 is 10.1 Å². The number of halogens is 1. The number of hydrogen-bond acceptors (Lipinski definition) is 3. The third kappa shape index (κ3) is 4.97. The maximum Gasteiger partial charge on any atom is 0.119 e. The molecule has 0 fully saturated rings. The lowest BCUT2D eigenvalue weighted by molar-refractivity contribution is 0.242. The Labute approximate surface area is 145 Å². The van der Waals surface area contributed by atoms with Crippen LogP contribution in [0.4, 0.5) is 0 Å². The Kier molecular flexibility index (Phi) is 6.51. The minimum atomic E-state index is 0.211. The van der Waals surface area contributed by atoms with Crippen LogP contribution in [0.3, 0.4) is 0 Å². The van der Waals surface area contributed by atoms with Gasteiger partial charge in [-0.3, -0.25) is 0 Å². The standard InChI is InChI=1S/C17H22INOS/c1-4-9-19-17(14-10-16(18)21-11-14)13-5-7-15(8-6-13)20-12(2)3/h5-8,10-12,17,19H,4,9H2,1-3H3. The molecule has 21 heavy (non-hydrogen) atoms. The molecule has 1 heterocycles. The number of benzene rings is 1. The molecule has 1 aromatic carbocycles. The van der Waals surface area contributed by atoms with Crippen molar-refractivity contribution >= 4 is 33.9 Å². The van der Waals surface area contributed by atoms with E-state index in [4.69, 9.17) is 4.74 Å². The van der Waals surface area contributed by atoms with Gasteiger partial charge in [-0.15, -0.1) is 11.3 Å². The maximum atomic E-state index is 5.72. The second kappa shape index (κ2) is 8.15. The smallest absolute Gasteiger partial charge is 0.119 e. The zero-order valence-corrected chi connectivity index (χ0v) is 15.7. The molecule has 1 unspecified atom stereocenters. The average molecular weight is 415 g/mol. The maximum absolute atomic E-state index is 5.72. The van der Waals surface area contributed by atoms with Gasteiger partial charge < -0.3 is 10.1 Å². The summed E-state index contributed by atoms with van der Waals surface area (Å²) in [6.45, 7) is 7.31. The van der Waals surface area contributed by atoms with Gasteiger partial charge in [-0.05, 0) is 84.1 Å². The highest BCUT2D eigenvalue weighted by molar-refractivity contribution is 14.1. The first kappa shape index (κ1) is 16.8. The van der Waals surface area contributed by atoms with Crippen molar-refractivity contribution < 1.29 is 4.74 Å². The summed E-state index contributed by atoms with van der Waals surface area (Å²) in [6, 6.07) is 11.0. The van der Waals surface area contributed by atoms with E-state index in [0.29, 0.717) is 0 Å². The van der Waals surface area contributed by atoms with Gasteiger partial charge in [0, 0.05) is 0 Å². The molecule has 0 radical (unpaired) electrons.